The van der Waals surface area contributed by atoms with Gasteiger partial charge in [0.1, 0.15) is 11.0 Å². The molecule has 0 heterocycles. The van der Waals surface area contributed by atoms with Gasteiger partial charge in [-0.15, -0.1) is 0 Å². The average molecular weight is 303 g/mol. The Morgan fingerprint density at radius 1 is 1.45 bits per heavy atom. The highest BCUT2D eigenvalue weighted by atomic mass is 32.2. The van der Waals surface area contributed by atoms with Crippen molar-refractivity contribution in [2.45, 2.75) is 45.2 Å². The summed E-state index contributed by atoms with van der Waals surface area (Å²) in [5.74, 6) is 0. The normalized spacial score (nSPS) is 13.6. The zero-order valence-corrected chi connectivity index (χ0v) is 13.8. The Labute approximate surface area is 125 Å². The lowest BCUT2D eigenvalue weighted by atomic mass is 10.2. The maximum Gasteiger partial charge on any atom is 0.411 e. The topological polar surface area (TPSA) is 83.4 Å². The van der Waals surface area contributed by atoms with Gasteiger partial charge in [0.05, 0.1) is 5.04 Å². The van der Waals surface area contributed by atoms with Crippen LogP contribution in [0.5, 0.6) is 0 Å². The molecular formula is C13H25N3O3S. The van der Waals surface area contributed by atoms with Gasteiger partial charge in [-0.25, -0.2) is 4.79 Å². The van der Waals surface area contributed by atoms with Gasteiger partial charge in [-0.05, 0) is 27.7 Å². The highest BCUT2D eigenvalue weighted by Gasteiger charge is 2.19. The number of nitrogens with one attached hydrogen (secondary N) is 3. The fourth-order valence-electron chi connectivity index (χ4n) is 1.30. The van der Waals surface area contributed by atoms with Crippen LogP contribution in [-0.2, 0) is 9.47 Å². The number of ether oxygens (including phenoxy) is 2. The molecule has 116 valence electrons. The molecule has 1 atom stereocenters. The lowest BCUT2D eigenvalue weighted by Crippen LogP contribution is -2.33. The molecule has 1 unspecified atom stereocenters. The fourth-order valence-corrected chi connectivity index (χ4v) is 2.06. The van der Waals surface area contributed by atoms with Crippen molar-refractivity contribution in [2.24, 2.45) is 0 Å². The minimum absolute atomic E-state index is 0.234. The lowest BCUT2D eigenvalue weighted by Gasteiger charge is -2.22. The first-order valence-corrected chi connectivity index (χ1v) is 7.16. The van der Waals surface area contributed by atoms with Crippen molar-refractivity contribution < 1.29 is 14.3 Å². The maximum atomic E-state index is 11.7. The van der Waals surface area contributed by atoms with Crippen LogP contribution in [0.2, 0.25) is 0 Å². The van der Waals surface area contributed by atoms with E-state index < -0.39 is 11.7 Å². The molecule has 0 aliphatic heterocycles. The molecule has 0 aromatic rings. The van der Waals surface area contributed by atoms with Gasteiger partial charge in [0.25, 0.3) is 0 Å². The molecule has 0 aromatic carbocycles. The standard InChI is InChI=1S/C13H25N3O3S/c1-9(14)20-11(18-6)7-10(8-15-5)16-12(17)19-13(2,3)4/h8,11,14-15H,7H2,1-6H3,(H,16,17)/b10-8+,14-9?. The van der Waals surface area contributed by atoms with Crippen molar-refractivity contribution in [1.29, 1.82) is 5.41 Å². The van der Waals surface area contributed by atoms with Crippen LogP contribution < -0.4 is 10.6 Å². The number of methoxy groups -OCH3 is 1. The number of thioether (sulfide) groups is 1. The van der Waals surface area contributed by atoms with Gasteiger partial charge in [0, 0.05) is 32.5 Å². The van der Waals surface area contributed by atoms with E-state index in [1.807, 2.05) is 0 Å². The van der Waals surface area contributed by atoms with E-state index in [0.29, 0.717) is 17.2 Å². The second-order valence-electron chi connectivity index (χ2n) is 5.13. The second kappa shape index (κ2) is 8.86. The third-order valence-corrected chi connectivity index (χ3v) is 2.91. The number of alkyl carbamates (subject to hydrolysis) is 1. The summed E-state index contributed by atoms with van der Waals surface area (Å²) in [5.41, 5.74) is -0.139. The zero-order valence-electron chi connectivity index (χ0n) is 13.0. The molecule has 0 fully saturated rings. The quantitative estimate of drug-likeness (QED) is 0.399. The number of carbonyl (C=O) groups excluding carboxylic acids is 1. The Morgan fingerprint density at radius 2 is 2.05 bits per heavy atom. The van der Waals surface area contributed by atoms with Crippen LogP contribution in [0.1, 0.15) is 34.1 Å². The minimum atomic E-state index is -0.546. The molecular weight excluding hydrogens is 278 g/mol. The fraction of sp³-hybridized carbons (Fsp3) is 0.692. The van der Waals surface area contributed by atoms with Gasteiger partial charge in [-0.2, -0.15) is 0 Å². The molecule has 0 spiro atoms. The van der Waals surface area contributed by atoms with Crippen molar-refractivity contribution in [3.63, 3.8) is 0 Å². The smallest absolute Gasteiger partial charge is 0.411 e. The number of carbonyl (C=O) groups is 1. The summed E-state index contributed by atoms with van der Waals surface area (Å²) in [7, 11) is 3.32. The first-order chi connectivity index (χ1) is 9.17. The predicted octanol–water partition coefficient (Wildman–Crippen LogP) is 2.66. The van der Waals surface area contributed by atoms with Crippen LogP contribution in [0.25, 0.3) is 0 Å². The van der Waals surface area contributed by atoms with E-state index >= 15 is 0 Å². The molecule has 0 saturated heterocycles. The summed E-state index contributed by atoms with van der Waals surface area (Å²) >= 11 is 1.29. The predicted molar refractivity (Wildman–Crippen MR) is 82.9 cm³/mol. The monoisotopic (exact) mass is 303 g/mol. The van der Waals surface area contributed by atoms with E-state index in [1.165, 1.54) is 11.8 Å². The van der Waals surface area contributed by atoms with E-state index in [1.54, 1.807) is 48.1 Å². The molecule has 1 amide bonds. The molecule has 0 aromatic heterocycles. The second-order valence-corrected chi connectivity index (χ2v) is 6.50. The van der Waals surface area contributed by atoms with Crippen LogP contribution in [0.4, 0.5) is 4.79 Å². The lowest BCUT2D eigenvalue weighted by molar-refractivity contribution is 0.0540. The van der Waals surface area contributed by atoms with Crippen LogP contribution in [0, 0.1) is 5.41 Å². The van der Waals surface area contributed by atoms with Crippen molar-refractivity contribution in [2.75, 3.05) is 14.2 Å². The third kappa shape index (κ3) is 9.69. The van der Waals surface area contributed by atoms with Crippen molar-refractivity contribution in [1.82, 2.24) is 10.6 Å². The Balaban J connectivity index is 4.61. The highest BCUT2D eigenvalue weighted by molar-refractivity contribution is 8.14. The van der Waals surface area contributed by atoms with Crippen LogP contribution in [-0.4, -0.2) is 36.3 Å². The molecule has 0 aliphatic rings. The summed E-state index contributed by atoms with van der Waals surface area (Å²) in [6.45, 7) is 7.11. The first kappa shape index (κ1) is 18.8. The maximum absolute atomic E-state index is 11.7. The van der Waals surface area contributed by atoms with E-state index in [9.17, 15) is 4.79 Å². The molecule has 0 rings (SSSR count). The highest BCUT2D eigenvalue weighted by Crippen LogP contribution is 2.19. The molecule has 20 heavy (non-hydrogen) atoms. The van der Waals surface area contributed by atoms with Crippen molar-refractivity contribution in [3.05, 3.63) is 11.9 Å². The number of hydrogen-bond acceptors (Lipinski definition) is 6. The van der Waals surface area contributed by atoms with Crippen LogP contribution in [0.3, 0.4) is 0 Å². The van der Waals surface area contributed by atoms with Crippen molar-refractivity contribution in [3.8, 4) is 0 Å². The molecule has 7 heteroatoms. The van der Waals surface area contributed by atoms with E-state index in [-0.39, 0.29) is 5.44 Å². The minimum Gasteiger partial charge on any atom is -0.444 e. The Bertz CT molecular complexity index is 364. The van der Waals surface area contributed by atoms with Gasteiger partial charge in [-0.1, -0.05) is 11.8 Å². The third-order valence-electron chi connectivity index (χ3n) is 1.94. The van der Waals surface area contributed by atoms with Crippen LogP contribution >= 0.6 is 11.8 Å². The summed E-state index contributed by atoms with van der Waals surface area (Å²) in [6.07, 6.45) is 1.62. The van der Waals surface area contributed by atoms with Gasteiger partial charge < -0.3 is 14.8 Å². The van der Waals surface area contributed by atoms with E-state index in [4.69, 9.17) is 14.9 Å². The van der Waals surface area contributed by atoms with Gasteiger partial charge in [-0.3, -0.25) is 10.7 Å². The van der Waals surface area contributed by atoms with Gasteiger partial charge in [0.15, 0.2) is 0 Å². The van der Waals surface area contributed by atoms with E-state index in [2.05, 4.69) is 10.6 Å². The summed E-state index contributed by atoms with van der Waals surface area (Å²) in [4.78, 5) is 11.7. The SMILES string of the molecule is CN/C=C(\CC(OC)SC(C)=N)NC(=O)OC(C)(C)C. The average Bonchev–Trinajstić information content (AvgIpc) is 2.24. The number of amides is 1. The Kier molecular flexibility index (Phi) is 8.33. The summed E-state index contributed by atoms with van der Waals surface area (Å²) in [5, 5.41) is 13.5. The molecule has 3 N–H and O–H groups in total. The molecule has 6 nitrogen and oxygen atoms in total. The molecule has 0 radical (unpaired) electrons. The summed E-state index contributed by atoms with van der Waals surface area (Å²) < 4.78 is 10.5. The molecule has 0 aliphatic carbocycles. The first-order valence-electron chi connectivity index (χ1n) is 6.29. The largest absolute Gasteiger partial charge is 0.444 e. The molecule has 0 saturated carbocycles. The van der Waals surface area contributed by atoms with Gasteiger partial charge in [0.2, 0.25) is 0 Å². The number of hydrogen-bond donors (Lipinski definition) is 3. The Hall–Kier alpha value is -1.21. The number of rotatable bonds is 6. The van der Waals surface area contributed by atoms with Gasteiger partial charge >= 0.3 is 6.09 Å². The molecule has 0 bridgehead atoms. The summed E-state index contributed by atoms with van der Waals surface area (Å²) in [6, 6.07) is 0. The van der Waals surface area contributed by atoms with Crippen LogP contribution in [0.15, 0.2) is 11.9 Å². The van der Waals surface area contributed by atoms with E-state index in [0.717, 1.165) is 0 Å². The zero-order chi connectivity index (χ0) is 15.8. The van der Waals surface area contributed by atoms with Crippen molar-refractivity contribution >= 4 is 22.9 Å². The Morgan fingerprint density at radius 3 is 2.45 bits per heavy atom.